The van der Waals surface area contributed by atoms with Crippen LogP contribution >= 0.6 is 23.2 Å². The normalized spacial score (nSPS) is 17.1. The van der Waals surface area contributed by atoms with E-state index in [4.69, 9.17) is 23.2 Å². The number of rotatable bonds is 6. The van der Waals surface area contributed by atoms with Crippen molar-refractivity contribution < 1.29 is 9.90 Å². The summed E-state index contributed by atoms with van der Waals surface area (Å²) >= 11 is 12.5. The van der Waals surface area contributed by atoms with E-state index >= 15 is 0 Å². The van der Waals surface area contributed by atoms with Gasteiger partial charge in [0, 0.05) is 55.1 Å². The molecule has 1 aliphatic heterocycles. The Hall–Kier alpha value is -1.82. The molecule has 1 aromatic heterocycles. The van der Waals surface area contributed by atoms with E-state index in [1.165, 1.54) is 6.07 Å². The van der Waals surface area contributed by atoms with Gasteiger partial charge in [-0.05, 0) is 30.2 Å². The lowest BCUT2D eigenvalue weighted by Gasteiger charge is -2.26. The molecule has 5 nitrogen and oxygen atoms in total. The van der Waals surface area contributed by atoms with Gasteiger partial charge < -0.3 is 10.4 Å². The molecule has 0 aliphatic carbocycles. The van der Waals surface area contributed by atoms with Crippen LogP contribution in [0.5, 0.6) is 5.75 Å². The Labute approximate surface area is 156 Å². The Morgan fingerprint density at radius 1 is 1.28 bits per heavy atom. The average Bonchev–Trinajstić information content (AvgIpc) is 3.01. The van der Waals surface area contributed by atoms with E-state index in [1.807, 2.05) is 18.3 Å². The summed E-state index contributed by atoms with van der Waals surface area (Å²) in [6.45, 7) is 1.78. The maximum absolute atomic E-state index is 11.5. The number of phenolic OH excluding ortho intramolecular Hbond substituents is 1. The highest BCUT2D eigenvalue weighted by atomic mass is 35.5. The van der Waals surface area contributed by atoms with Crippen molar-refractivity contribution in [3.05, 3.63) is 57.8 Å². The number of aromatic nitrogens is 1. The second-order valence-corrected chi connectivity index (χ2v) is 6.98. The fraction of sp³-hybridized carbons (Fsp3) is 0.333. The van der Waals surface area contributed by atoms with Gasteiger partial charge in [0.15, 0.2) is 0 Å². The zero-order valence-electron chi connectivity index (χ0n) is 13.6. The van der Waals surface area contributed by atoms with Crippen LogP contribution in [0.1, 0.15) is 24.0 Å². The Morgan fingerprint density at radius 3 is 2.80 bits per heavy atom. The molecule has 1 aliphatic rings. The topological polar surface area (TPSA) is 65.5 Å². The molecule has 2 aromatic rings. The third-order valence-corrected chi connectivity index (χ3v) is 5.02. The molecule has 3 rings (SSSR count). The van der Waals surface area contributed by atoms with Gasteiger partial charge in [0.05, 0.1) is 5.02 Å². The first kappa shape index (κ1) is 18.0. The van der Waals surface area contributed by atoms with Crippen molar-refractivity contribution in [3.63, 3.8) is 0 Å². The summed E-state index contributed by atoms with van der Waals surface area (Å²) in [5.74, 6) is 0.0938. The van der Waals surface area contributed by atoms with E-state index in [-0.39, 0.29) is 22.7 Å². The lowest BCUT2D eigenvalue weighted by Crippen LogP contribution is -2.38. The molecule has 132 valence electrons. The van der Waals surface area contributed by atoms with Gasteiger partial charge in [-0.2, -0.15) is 0 Å². The van der Waals surface area contributed by atoms with Gasteiger partial charge in [-0.3, -0.25) is 14.7 Å². The number of hydrogen-bond donors (Lipinski definition) is 2. The van der Waals surface area contributed by atoms with E-state index < -0.39 is 0 Å². The molecule has 25 heavy (non-hydrogen) atoms. The lowest BCUT2D eigenvalue weighted by atomic mass is 10.1. The Morgan fingerprint density at radius 2 is 2.12 bits per heavy atom. The Bertz CT molecular complexity index is 755. The number of phenols is 1. The monoisotopic (exact) mass is 379 g/mol. The van der Waals surface area contributed by atoms with Crippen LogP contribution in [-0.2, 0) is 17.9 Å². The summed E-state index contributed by atoms with van der Waals surface area (Å²) in [7, 11) is 0. The van der Waals surface area contributed by atoms with Crippen LogP contribution in [0.4, 0.5) is 0 Å². The fourth-order valence-corrected chi connectivity index (χ4v) is 3.50. The number of aromatic hydroxyl groups is 1. The predicted molar refractivity (Wildman–Crippen MR) is 97.6 cm³/mol. The predicted octanol–water partition coefficient (Wildman–Crippen LogP) is 3.37. The quantitative estimate of drug-likeness (QED) is 0.807. The molecule has 7 heteroatoms. The number of benzene rings is 1. The van der Waals surface area contributed by atoms with Crippen molar-refractivity contribution >= 4 is 29.1 Å². The zero-order chi connectivity index (χ0) is 17.8. The van der Waals surface area contributed by atoms with Crippen LogP contribution < -0.4 is 5.32 Å². The van der Waals surface area contributed by atoms with E-state index in [0.29, 0.717) is 36.6 Å². The molecule has 0 spiro atoms. The number of nitrogens with one attached hydrogen (secondary N) is 1. The maximum atomic E-state index is 11.5. The summed E-state index contributed by atoms with van der Waals surface area (Å²) in [6.07, 6.45) is 4.91. The van der Waals surface area contributed by atoms with Crippen molar-refractivity contribution in [2.75, 3.05) is 6.54 Å². The van der Waals surface area contributed by atoms with E-state index in [2.05, 4.69) is 15.2 Å². The minimum atomic E-state index is 0.0107. The number of halogens is 2. The van der Waals surface area contributed by atoms with Crippen molar-refractivity contribution in [3.8, 4) is 5.75 Å². The number of carbonyl (C=O) groups is 1. The van der Waals surface area contributed by atoms with Gasteiger partial charge in [-0.25, -0.2) is 0 Å². The van der Waals surface area contributed by atoms with Crippen molar-refractivity contribution in [2.24, 2.45) is 0 Å². The minimum absolute atomic E-state index is 0.0107. The smallest absolute Gasteiger partial charge is 0.220 e. The minimum Gasteiger partial charge on any atom is -0.506 e. The molecule has 1 fully saturated rings. The molecule has 0 unspecified atom stereocenters. The van der Waals surface area contributed by atoms with Gasteiger partial charge in [-0.15, -0.1) is 0 Å². The fourth-order valence-electron chi connectivity index (χ4n) is 3.01. The van der Waals surface area contributed by atoms with Crippen molar-refractivity contribution in [2.45, 2.75) is 32.0 Å². The first-order chi connectivity index (χ1) is 12.0. The van der Waals surface area contributed by atoms with Crippen LogP contribution in [0, 0.1) is 0 Å². The molecule has 1 atom stereocenters. The third kappa shape index (κ3) is 4.63. The molecule has 2 heterocycles. The molecule has 1 amide bonds. The first-order valence-corrected chi connectivity index (χ1v) is 8.85. The van der Waals surface area contributed by atoms with Gasteiger partial charge in [-0.1, -0.05) is 29.3 Å². The number of carbonyl (C=O) groups excluding carboxylic acids is 1. The van der Waals surface area contributed by atoms with E-state index in [1.54, 1.807) is 12.3 Å². The maximum Gasteiger partial charge on any atom is 0.220 e. The molecule has 1 aromatic carbocycles. The number of hydrogen-bond acceptors (Lipinski definition) is 4. The summed E-state index contributed by atoms with van der Waals surface area (Å²) in [6, 6.07) is 7.10. The van der Waals surface area contributed by atoms with Crippen molar-refractivity contribution in [1.29, 1.82) is 0 Å². The Kier molecular flexibility index (Phi) is 5.78. The van der Waals surface area contributed by atoms with Crippen LogP contribution in [0.15, 0.2) is 36.7 Å². The zero-order valence-corrected chi connectivity index (χ0v) is 15.1. The highest BCUT2D eigenvalue weighted by Crippen LogP contribution is 2.33. The standard InChI is InChI=1S/C18H19Cl2N3O2/c19-15-4-5-16(24)18(20)14(15)11-23(9-12-2-1-7-21-8-12)10-13-3-6-17(25)22-13/h1-2,4-5,7-8,13,24H,3,6,9-11H2,(H,22,25)/t13-/m0/s1. The second kappa shape index (κ2) is 8.04. The van der Waals surface area contributed by atoms with Crippen LogP contribution in [0.2, 0.25) is 10.0 Å². The van der Waals surface area contributed by atoms with Crippen LogP contribution in [0.25, 0.3) is 0 Å². The molecule has 1 saturated heterocycles. The van der Waals surface area contributed by atoms with Gasteiger partial charge >= 0.3 is 0 Å². The highest BCUT2D eigenvalue weighted by Gasteiger charge is 2.24. The van der Waals surface area contributed by atoms with Crippen LogP contribution in [-0.4, -0.2) is 33.5 Å². The van der Waals surface area contributed by atoms with Gasteiger partial charge in [0.1, 0.15) is 5.75 Å². The molecule has 0 radical (unpaired) electrons. The summed E-state index contributed by atoms with van der Waals surface area (Å²) in [5, 5.41) is 13.6. The largest absolute Gasteiger partial charge is 0.506 e. The molecule has 0 saturated carbocycles. The summed E-state index contributed by atoms with van der Waals surface area (Å²) < 4.78 is 0. The number of nitrogens with zero attached hydrogens (tertiary/aromatic N) is 2. The third-order valence-electron chi connectivity index (χ3n) is 4.24. The first-order valence-electron chi connectivity index (χ1n) is 8.09. The van der Waals surface area contributed by atoms with Crippen LogP contribution in [0.3, 0.4) is 0 Å². The lowest BCUT2D eigenvalue weighted by molar-refractivity contribution is -0.119. The SMILES string of the molecule is O=C1CC[C@@H](CN(Cc2cccnc2)Cc2c(Cl)ccc(O)c2Cl)N1. The summed E-state index contributed by atoms with van der Waals surface area (Å²) in [4.78, 5) is 17.8. The second-order valence-electron chi connectivity index (χ2n) is 6.19. The number of pyridine rings is 1. The van der Waals surface area contributed by atoms with E-state index in [9.17, 15) is 9.90 Å². The summed E-state index contributed by atoms with van der Waals surface area (Å²) in [5.41, 5.74) is 1.73. The number of amides is 1. The average molecular weight is 380 g/mol. The van der Waals surface area contributed by atoms with Gasteiger partial charge in [0.2, 0.25) is 5.91 Å². The molecule has 0 bridgehead atoms. The molecular formula is C18H19Cl2N3O2. The highest BCUT2D eigenvalue weighted by molar-refractivity contribution is 6.36. The van der Waals surface area contributed by atoms with Gasteiger partial charge in [0.25, 0.3) is 0 Å². The Balaban J connectivity index is 1.80. The molecular weight excluding hydrogens is 361 g/mol. The molecule has 2 N–H and O–H groups in total. The van der Waals surface area contributed by atoms with E-state index in [0.717, 1.165) is 12.0 Å². The van der Waals surface area contributed by atoms with Crippen molar-refractivity contribution in [1.82, 2.24) is 15.2 Å².